The zero-order valence-corrected chi connectivity index (χ0v) is 26.5. The highest BCUT2D eigenvalue weighted by Crippen LogP contribution is 2.43. The summed E-state index contributed by atoms with van der Waals surface area (Å²) in [7, 11) is 19.1. The van der Waals surface area contributed by atoms with Gasteiger partial charge in [-0.3, -0.25) is 0 Å². The summed E-state index contributed by atoms with van der Waals surface area (Å²) in [5.74, 6) is -0.00745. The van der Waals surface area contributed by atoms with Crippen LogP contribution in [0.2, 0.25) is 0 Å². The molecule has 0 saturated carbocycles. The van der Waals surface area contributed by atoms with Crippen LogP contribution in [0.4, 0.5) is 0 Å². The van der Waals surface area contributed by atoms with Crippen molar-refractivity contribution in [3.8, 4) is 16.9 Å². The van der Waals surface area contributed by atoms with Crippen LogP contribution in [0, 0.1) is 0 Å². The Morgan fingerprint density at radius 3 is 2.23 bits per heavy atom. The molecule has 0 spiro atoms. The quantitative estimate of drug-likeness (QED) is 0.121. The van der Waals surface area contributed by atoms with Gasteiger partial charge in [0.25, 0.3) is 0 Å². The van der Waals surface area contributed by atoms with E-state index in [1.807, 2.05) is 66.8 Å². The van der Waals surface area contributed by atoms with Gasteiger partial charge in [-0.05, 0) is 97.3 Å². The number of allylic oxidation sites excluding steroid dienone is 13. The van der Waals surface area contributed by atoms with E-state index in [9.17, 15) is 5.11 Å². The van der Waals surface area contributed by atoms with E-state index in [-0.39, 0.29) is 11.2 Å². The van der Waals surface area contributed by atoms with Gasteiger partial charge in [-0.2, -0.15) is 0 Å². The molecule has 0 unspecified atom stereocenters. The fraction of sp³-hybridized carbons (Fsp3) is 0.0233. The Morgan fingerprint density at radius 1 is 0.729 bits per heavy atom. The van der Waals surface area contributed by atoms with Crippen LogP contribution in [0.3, 0.4) is 0 Å². The Morgan fingerprint density at radius 2 is 1.44 bits per heavy atom. The molecule has 0 saturated heterocycles. The lowest BCUT2D eigenvalue weighted by atomic mass is 9.75. The minimum absolute atomic E-state index is 0.00745. The number of hydrogen-bond acceptors (Lipinski definition) is 2. The molecule has 1 heterocycles. The third kappa shape index (κ3) is 5.52. The van der Waals surface area contributed by atoms with Crippen molar-refractivity contribution in [1.29, 1.82) is 0 Å². The molecule has 222 valence electrons. The number of phenolic OH excluding ortho intramolecular Hbond substituents is 1. The first kappa shape index (κ1) is 31.0. The SMILES string of the molecule is [B]c1cc2c(C(=C)/C=C\C=C)c3cc([B])c(O)cc3c(-c3ccc4oc5cc(/C6=C/C=C\C(=C)/C=C\C=C/C6)ccc5c4c3)c2cc1[B]. The number of furan rings is 1. The zero-order chi connectivity index (χ0) is 33.5. The second-order valence-corrected chi connectivity index (χ2v) is 12.0. The van der Waals surface area contributed by atoms with E-state index in [0.717, 1.165) is 83.3 Å². The molecule has 48 heavy (non-hydrogen) atoms. The van der Waals surface area contributed by atoms with Gasteiger partial charge >= 0.3 is 0 Å². The predicted molar refractivity (Wildman–Crippen MR) is 210 cm³/mol. The summed E-state index contributed by atoms with van der Waals surface area (Å²) in [6.07, 6.45) is 20.5. The van der Waals surface area contributed by atoms with Gasteiger partial charge in [0.05, 0.1) is 0 Å². The molecule has 5 heteroatoms. The highest BCUT2D eigenvalue weighted by Gasteiger charge is 2.20. The van der Waals surface area contributed by atoms with E-state index in [1.165, 1.54) is 5.57 Å². The van der Waals surface area contributed by atoms with Gasteiger partial charge < -0.3 is 9.52 Å². The minimum atomic E-state index is -0.00745. The zero-order valence-electron chi connectivity index (χ0n) is 26.5. The van der Waals surface area contributed by atoms with Crippen LogP contribution >= 0.6 is 0 Å². The molecule has 7 rings (SSSR count). The Bertz CT molecular complexity index is 2450. The van der Waals surface area contributed by atoms with Crippen LogP contribution in [0.1, 0.15) is 17.5 Å². The summed E-state index contributed by atoms with van der Waals surface area (Å²) < 4.78 is 6.42. The normalized spacial score (nSPS) is 16.8. The average molecular weight is 610 g/mol. The van der Waals surface area contributed by atoms with E-state index in [1.54, 1.807) is 18.2 Å². The number of aromatic hydroxyl groups is 1. The molecule has 6 radical (unpaired) electrons. The van der Waals surface area contributed by atoms with Gasteiger partial charge in [0.2, 0.25) is 0 Å². The van der Waals surface area contributed by atoms with Crippen molar-refractivity contribution in [3.63, 3.8) is 0 Å². The molecule has 0 aliphatic heterocycles. The fourth-order valence-corrected chi connectivity index (χ4v) is 6.49. The Balaban J connectivity index is 1.46. The lowest BCUT2D eigenvalue weighted by molar-refractivity contribution is 0.480. The van der Waals surface area contributed by atoms with E-state index in [2.05, 4.69) is 56.2 Å². The van der Waals surface area contributed by atoms with E-state index < -0.39 is 0 Å². The first-order chi connectivity index (χ1) is 23.2. The topological polar surface area (TPSA) is 33.4 Å². The molecule has 0 bridgehead atoms. The largest absolute Gasteiger partial charge is 0.509 e. The molecular weight excluding hydrogens is 581 g/mol. The molecule has 0 atom stereocenters. The fourth-order valence-electron chi connectivity index (χ4n) is 6.49. The van der Waals surface area contributed by atoms with Crippen LogP contribution < -0.4 is 16.4 Å². The summed E-state index contributed by atoms with van der Waals surface area (Å²) in [4.78, 5) is 0. The number of hydrogen-bond donors (Lipinski definition) is 1. The summed E-state index contributed by atoms with van der Waals surface area (Å²) >= 11 is 0. The van der Waals surface area contributed by atoms with Crippen molar-refractivity contribution < 1.29 is 9.52 Å². The maximum Gasteiger partial charge on any atom is 0.136 e. The predicted octanol–water partition coefficient (Wildman–Crippen LogP) is 8.41. The van der Waals surface area contributed by atoms with Gasteiger partial charge in [0.15, 0.2) is 0 Å². The maximum absolute atomic E-state index is 10.9. The monoisotopic (exact) mass is 610 g/mol. The van der Waals surface area contributed by atoms with E-state index in [4.69, 9.17) is 28.0 Å². The smallest absolute Gasteiger partial charge is 0.136 e. The van der Waals surface area contributed by atoms with Crippen LogP contribution in [0.5, 0.6) is 5.75 Å². The lowest BCUT2D eigenvalue weighted by Gasteiger charge is -2.20. The van der Waals surface area contributed by atoms with E-state index >= 15 is 0 Å². The van der Waals surface area contributed by atoms with Gasteiger partial charge in [-0.25, -0.2) is 0 Å². The summed E-state index contributed by atoms with van der Waals surface area (Å²) in [5, 5.41) is 16.2. The molecule has 1 aromatic heterocycles. The molecule has 5 aromatic carbocycles. The first-order valence-corrected chi connectivity index (χ1v) is 15.6. The standard InChI is InChI=1S/C43H29B3O2/c1-4-5-12-26(3)42-32-21-36(44)37(45)22-34(32)43(35-24-39(47)38(46)23-33(35)42)29-16-18-40-31(19-29)30-17-15-28(20-41(30)48-40)27-13-8-6-7-10-25(2)11-9-14-27/h4-12,14-24,47H,1-3,13H2/b8-6-,10-7-,11-9-,12-5-,27-14+. The van der Waals surface area contributed by atoms with Crippen LogP contribution in [0.25, 0.3) is 65.8 Å². The van der Waals surface area contributed by atoms with Crippen molar-refractivity contribution in [2.75, 3.05) is 0 Å². The number of benzene rings is 5. The Kier molecular flexibility index (Phi) is 8.07. The number of phenols is 1. The van der Waals surface area contributed by atoms with Crippen molar-refractivity contribution in [2.45, 2.75) is 6.42 Å². The minimum Gasteiger partial charge on any atom is -0.509 e. The summed E-state index contributed by atoms with van der Waals surface area (Å²) in [6, 6.07) is 19.8. The van der Waals surface area contributed by atoms with Crippen molar-refractivity contribution in [3.05, 3.63) is 158 Å². The van der Waals surface area contributed by atoms with Crippen LogP contribution in [-0.2, 0) is 0 Å². The number of rotatable bonds is 5. The molecule has 0 amide bonds. The third-order valence-corrected chi connectivity index (χ3v) is 8.86. The van der Waals surface area contributed by atoms with Gasteiger partial charge in [-0.1, -0.05) is 116 Å². The first-order valence-electron chi connectivity index (χ1n) is 15.6. The van der Waals surface area contributed by atoms with Crippen LogP contribution in [0.15, 0.2) is 151 Å². The lowest BCUT2D eigenvalue weighted by Crippen LogP contribution is -2.25. The second kappa shape index (κ2) is 12.5. The molecule has 6 aromatic rings. The molecule has 1 aliphatic carbocycles. The summed E-state index contributed by atoms with van der Waals surface area (Å²) in [5.41, 5.74) is 9.38. The second-order valence-electron chi connectivity index (χ2n) is 12.0. The molecule has 1 aliphatic rings. The highest BCUT2D eigenvalue weighted by atomic mass is 16.3. The number of fused-ring (bicyclic) bond motifs is 5. The van der Waals surface area contributed by atoms with Crippen LogP contribution in [-0.4, -0.2) is 28.6 Å². The summed E-state index contributed by atoms with van der Waals surface area (Å²) in [6.45, 7) is 12.2. The Labute approximate surface area is 284 Å². The van der Waals surface area contributed by atoms with Crippen molar-refractivity contribution in [1.82, 2.24) is 0 Å². The van der Waals surface area contributed by atoms with E-state index in [0.29, 0.717) is 10.9 Å². The third-order valence-electron chi connectivity index (χ3n) is 8.86. The Hall–Kier alpha value is -5.67. The molecule has 2 nitrogen and oxygen atoms in total. The molecule has 0 fully saturated rings. The van der Waals surface area contributed by atoms with Gasteiger partial charge in [0.1, 0.15) is 40.5 Å². The highest BCUT2D eigenvalue weighted by molar-refractivity contribution is 6.50. The molecule has 1 N–H and O–H groups in total. The average Bonchev–Trinajstić information content (AvgIpc) is 3.44. The maximum atomic E-state index is 10.9. The molecular formula is C43H29B3O2. The van der Waals surface area contributed by atoms with Crippen molar-refractivity contribution in [2.24, 2.45) is 0 Å². The van der Waals surface area contributed by atoms with Crippen molar-refractivity contribution >= 4 is 94.6 Å². The van der Waals surface area contributed by atoms with Gasteiger partial charge in [0, 0.05) is 10.8 Å². The van der Waals surface area contributed by atoms with Gasteiger partial charge in [-0.15, -0.1) is 10.9 Å².